The molecule has 0 aliphatic heterocycles. The van der Waals surface area contributed by atoms with Crippen molar-refractivity contribution in [2.24, 2.45) is 0 Å². The zero-order valence-corrected chi connectivity index (χ0v) is 17.4. The van der Waals surface area contributed by atoms with E-state index in [0.29, 0.717) is 5.56 Å². The minimum atomic E-state index is -0.641. The van der Waals surface area contributed by atoms with Crippen molar-refractivity contribution in [3.8, 4) is 0 Å². The first-order valence-corrected chi connectivity index (χ1v) is 9.52. The van der Waals surface area contributed by atoms with E-state index in [4.69, 9.17) is 4.74 Å². The summed E-state index contributed by atoms with van der Waals surface area (Å²) in [6.07, 6.45) is 0. The number of esters is 2. The van der Waals surface area contributed by atoms with Crippen molar-refractivity contribution in [3.05, 3.63) is 64.7 Å². The molecule has 6 heteroatoms. The number of carbonyl (C=O) groups is 3. The number of para-hydroxylation sites is 1. The number of rotatable bonds is 7. The van der Waals surface area contributed by atoms with Crippen LogP contribution in [0.15, 0.2) is 42.5 Å². The van der Waals surface area contributed by atoms with Gasteiger partial charge in [-0.05, 0) is 47.2 Å². The number of anilines is 1. The van der Waals surface area contributed by atoms with Crippen LogP contribution in [0, 0.1) is 0 Å². The van der Waals surface area contributed by atoms with E-state index in [9.17, 15) is 14.4 Å². The second-order valence-corrected chi connectivity index (χ2v) is 7.31. The predicted octanol–water partition coefficient (Wildman–Crippen LogP) is 4.52. The van der Waals surface area contributed by atoms with Crippen molar-refractivity contribution in [3.63, 3.8) is 0 Å². The summed E-state index contributed by atoms with van der Waals surface area (Å²) < 4.78 is 9.74. The summed E-state index contributed by atoms with van der Waals surface area (Å²) in [6.45, 7) is 7.85. The fraction of sp³-hybridized carbons (Fsp3) is 0.348. The van der Waals surface area contributed by atoms with E-state index in [1.807, 2.05) is 18.2 Å². The van der Waals surface area contributed by atoms with Gasteiger partial charge in [0.15, 0.2) is 6.61 Å². The van der Waals surface area contributed by atoms with Crippen LogP contribution in [0.1, 0.15) is 71.4 Å². The van der Waals surface area contributed by atoms with E-state index in [-0.39, 0.29) is 17.4 Å². The Morgan fingerprint density at radius 3 is 1.76 bits per heavy atom. The Bertz CT molecular complexity index is 858. The molecule has 0 aliphatic rings. The highest BCUT2D eigenvalue weighted by Crippen LogP contribution is 2.32. The molecule has 0 spiro atoms. The van der Waals surface area contributed by atoms with Crippen molar-refractivity contribution < 1.29 is 23.9 Å². The van der Waals surface area contributed by atoms with Gasteiger partial charge in [-0.15, -0.1) is 0 Å². The Labute approximate surface area is 171 Å². The van der Waals surface area contributed by atoms with Crippen molar-refractivity contribution in [2.45, 2.75) is 39.5 Å². The fourth-order valence-corrected chi connectivity index (χ4v) is 2.95. The molecule has 6 nitrogen and oxygen atoms in total. The first-order valence-electron chi connectivity index (χ1n) is 9.52. The number of hydrogen-bond donors (Lipinski definition) is 1. The SMILES string of the molecule is COC(=O)c1ccc(C(=O)OCC(=O)Nc2c(C(C)C)cccc2C(C)C)cc1. The highest BCUT2D eigenvalue weighted by atomic mass is 16.5. The maximum atomic E-state index is 12.4. The molecule has 2 rings (SSSR count). The molecular weight excluding hydrogens is 370 g/mol. The number of nitrogens with one attached hydrogen (secondary N) is 1. The predicted molar refractivity (Wildman–Crippen MR) is 111 cm³/mol. The number of hydrogen-bond acceptors (Lipinski definition) is 5. The zero-order valence-electron chi connectivity index (χ0n) is 17.4. The molecule has 1 amide bonds. The van der Waals surface area contributed by atoms with Crippen LogP contribution in [0.3, 0.4) is 0 Å². The fourth-order valence-electron chi connectivity index (χ4n) is 2.95. The Kier molecular flexibility index (Phi) is 7.53. The standard InChI is InChI=1S/C23H27NO5/c1-14(2)18-7-6-8-19(15(3)4)21(18)24-20(25)13-29-23(27)17-11-9-16(10-12-17)22(26)28-5/h6-12,14-15H,13H2,1-5H3,(H,24,25). The van der Waals surface area contributed by atoms with Gasteiger partial charge in [-0.3, -0.25) is 4.79 Å². The smallest absolute Gasteiger partial charge is 0.338 e. The van der Waals surface area contributed by atoms with Gasteiger partial charge in [0, 0.05) is 5.69 Å². The quantitative estimate of drug-likeness (QED) is 0.695. The molecule has 29 heavy (non-hydrogen) atoms. The number of methoxy groups -OCH3 is 1. The molecule has 154 valence electrons. The topological polar surface area (TPSA) is 81.7 Å². The van der Waals surface area contributed by atoms with Crippen LogP contribution in [-0.2, 0) is 14.3 Å². The van der Waals surface area contributed by atoms with Crippen LogP contribution in [0.4, 0.5) is 5.69 Å². The molecule has 1 N–H and O–H groups in total. The Morgan fingerprint density at radius 2 is 1.31 bits per heavy atom. The van der Waals surface area contributed by atoms with Crippen molar-refractivity contribution in [1.29, 1.82) is 0 Å². The summed E-state index contributed by atoms with van der Waals surface area (Å²) in [4.78, 5) is 36.1. The molecule has 0 aromatic heterocycles. The number of amides is 1. The van der Waals surface area contributed by atoms with E-state index < -0.39 is 24.5 Å². The van der Waals surface area contributed by atoms with E-state index >= 15 is 0 Å². The van der Waals surface area contributed by atoms with Crippen molar-refractivity contribution in [1.82, 2.24) is 0 Å². The van der Waals surface area contributed by atoms with Gasteiger partial charge in [0.2, 0.25) is 0 Å². The highest BCUT2D eigenvalue weighted by Gasteiger charge is 2.17. The molecule has 2 aromatic carbocycles. The Balaban J connectivity index is 2.05. The van der Waals surface area contributed by atoms with Gasteiger partial charge in [-0.25, -0.2) is 9.59 Å². The maximum absolute atomic E-state index is 12.4. The third kappa shape index (κ3) is 5.67. The average molecular weight is 397 g/mol. The molecule has 0 bridgehead atoms. The van der Waals surface area contributed by atoms with Gasteiger partial charge in [0.1, 0.15) is 0 Å². The molecular formula is C23H27NO5. The third-order valence-corrected chi connectivity index (χ3v) is 4.51. The Hall–Kier alpha value is -3.15. The van der Waals surface area contributed by atoms with E-state index in [0.717, 1.165) is 16.8 Å². The van der Waals surface area contributed by atoms with Gasteiger partial charge in [0.25, 0.3) is 5.91 Å². The second kappa shape index (κ2) is 9.87. The lowest BCUT2D eigenvalue weighted by atomic mass is 9.92. The normalized spacial score (nSPS) is 10.7. The molecule has 0 aliphatic carbocycles. The van der Waals surface area contributed by atoms with E-state index in [1.165, 1.54) is 31.4 Å². The minimum Gasteiger partial charge on any atom is -0.465 e. The molecule has 2 aromatic rings. The average Bonchev–Trinajstić information content (AvgIpc) is 2.71. The largest absolute Gasteiger partial charge is 0.465 e. The molecule has 0 radical (unpaired) electrons. The summed E-state index contributed by atoms with van der Waals surface area (Å²) in [5.74, 6) is -1.06. The number of ether oxygens (including phenoxy) is 2. The van der Waals surface area contributed by atoms with E-state index in [2.05, 4.69) is 37.7 Å². The first kappa shape index (κ1) is 22.1. The van der Waals surface area contributed by atoms with Gasteiger partial charge in [-0.2, -0.15) is 0 Å². The molecule has 0 heterocycles. The third-order valence-electron chi connectivity index (χ3n) is 4.51. The van der Waals surface area contributed by atoms with Gasteiger partial charge >= 0.3 is 11.9 Å². The highest BCUT2D eigenvalue weighted by molar-refractivity contribution is 5.97. The van der Waals surface area contributed by atoms with Crippen LogP contribution in [-0.4, -0.2) is 31.6 Å². The molecule has 0 unspecified atom stereocenters. The zero-order chi connectivity index (χ0) is 21.6. The minimum absolute atomic E-state index is 0.236. The molecule has 0 fully saturated rings. The second-order valence-electron chi connectivity index (χ2n) is 7.31. The lowest BCUT2D eigenvalue weighted by Gasteiger charge is -2.20. The summed E-state index contributed by atoms with van der Waals surface area (Å²) in [7, 11) is 1.28. The van der Waals surface area contributed by atoms with Crippen molar-refractivity contribution in [2.75, 3.05) is 19.0 Å². The van der Waals surface area contributed by atoms with Crippen LogP contribution >= 0.6 is 0 Å². The Morgan fingerprint density at radius 1 is 0.828 bits per heavy atom. The number of benzene rings is 2. The van der Waals surface area contributed by atoms with Crippen LogP contribution in [0.5, 0.6) is 0 Å². The van der Waals surface area contributed by atoms with Gasteiger partial charge in [-0.1, -0.05) is 45.9 Å². The van der Waals surface area contributed by atoms with Crippen molar-refractivity contribution >= 4 is 23.5 Å². The maximum Gasteiger partial charge on any atom is 0.338 e. The lowest BCUT2D eigenvalue weighted by molar-refractivity contribution is -0.119. The summed E-state index contributed by atoms with van der Waals surface area (Å²) in [6, 6.07) is 11.8. The van der Waals surface area contributed by atoms with Gasteiger partial charge in [0.05, 0.1) is 18.2 Å². The van der Waals surface area contributed by atoms with E-state index in [1.54, 1.807) is 0 Å². The van der Waals surface area contributed by atoms with Crippen LogP contribution in [0.25, 0.3) is 0 Å². The molecule has 0 atom stereocenters. The summed E-state index contributed by atoms with van der Waals surface area (Å²) >= 11 is 0. The van der Waals surface area contributed by atoms with Crippen LogP contribution in [0.2, 0.25) is 0 Å². The monoisotopic (exact) mass is 397 g/mol. The van der Waals surface area contributed by atoms with Crippen LogP contribution < -0.4 is 5.32 Å². The first-order chi connectivity index (χ1) is 13.7. The molecule has 0 saturated carbocycles. The summed E-state index contributed by atoms with van der Waals surface area (Å²) in [5.41, 5.74) is 3.42. The summed E-state index contributed by atoms with van der Waals surface area (Å²) in [5, 5.41) is 2.90. The van der Waals surface area contributed by atoms with Gasteiger partial charge < -0.3 is 14.8 Å². The number of carbonyl (C=O) groups excluding carboxylic acids is 3. The molecule has 0 saturated heterocycles. The lowest BCUT2D eigenvalue weighted by Crippen LogP contribution is -2.22.